The van der Waals surface area contributed by atoms with Crippen molar-refractivity contribution in [3.63, 3.8) is 0 Å². The fourth-order valence-electron chi connectivity index (χ4n) is 7.77. The molecule has 0 spiro atoms. The first-order valence-electron chi connectivity index (χ1n) is 15.6. The van der Waals surface area contributed by atoms with E-state index in [1.165, 1.54) is 43.1 Å². The second-order valence-electron chi connectivity index (χ2n) is 12.9. The Bertz CT molecular complexity index is 2360. The summed E-state index contributed by atoms with van der Waals surface area (Å²) in [6.45, 7) is 4.49. The third kappa shape index (κ3) is 3.77. The maximum atomic E-state index is 14.5. The molecule has 0 N–H and O–H groups in total. The zero-order valence-electron chi connectivity index (χ0n) is 25.3. The number of hydrogen-bond donors (Lipinski definition) is 0. The van der Waals surface area contributed by atoms with E-state index >= 15 is 0 Å². The van der Waals surface area contributed by atoms with Gasteiger partial charge in [-0.2, -0.15) is 0 Å². The molecule has 0 saturated heterocycles. The van der Waals surface area contributed by atoms with Gasteiger partial charge >= 0.3 is 0 Å². The van der Waals surface area contributed by atoms with E-state index in [4.69, 9.17) is 0 Å². The molecule has 0 aromatic heterocycles. The van der Waals surface area contributed by atoms with Crippen molar-refractivity contribution in [3.05, 3.63) is 168 Å². The van der Waals surface area contributed by atoms with Gasteiger partial charge in [0.25, 0.3) is 0 Å². The summed E-state index contributed by atoms with van der Waals surface area (Å²) in [6.07, 6.45) is 0. The Morgan fingerprint density at radius 2 is 0.756 bits per heavy atom. The average Bonchev–Trinajstić information content (AvgIpc) is 3.09. The smallest absolute Gasteiger partial charge is 0.193 e. The van der Waals surface area contributed by atoms with Crippen molar-refractivity contribution in [3.8, 4) is 22.3 Å². The van der Waals surface area contributed by atoms with Gasteiger partial charge in [-0.25, -0.2) is 0 Å². The second-order valence-corrected chi connectivity index (χ2v) is 12.9. The summed E-state index contributed by atoms with van der Waals surface area (Å²) in [5, 5.41) is 9.75. The zero-order valence-corrected chi connectivity index (χ0v) is 25.3. The van der Waals surface area contributed by atoms with Crippen LogP contribution in [0.5, 0.6) is 0 Å². The van der Waals surface area contributed by atoms with Crippen LogP contribution in [0.4, 0.5) is 0 Å². The molecule has 0 unspecified atom stereocenters. The number of hydrogen-bond acceptors (Lipinski definition) is 1. The van der Waals surface area contributed by atoms with Crippen LogP contribution in [0.15, 0.2) is 146 Å². The number of benzene rings is 8. The summed E-state index contributed by atoms with van der Waals surface area (Å²) in [6, 6.07) is 51.9. The molecule has 0 saturated carbocycles. The Morgan fingerprint density at radius 3 is 1.20 bits per heavy atom. The molecule has 1 nitrogen and oxygen atoms in total. The van der Waals surface area contributed by atoms with Gasteiger partial charge in [0.15, 0.2) is 5.78 Å². The summed E-state index contributed by atoms with van der Waals surface area (Å²) in [7, 11) is 0. The van der Waals surface area contributed by atoms with Crippen LogP contribution in [0, 0.1) is 0 Å². The molecule has 0 aliphatic heterocycles. The van der Waals surface area contributed by atoms with Crippen molar-refractivity contribution >= 4 is 48.9 Å². The van der Waals surface area contributed by atoms with E-state index in [0.717, 1.165) is 44.5 Å². The molecule has 0 fully saturated rings. The SMILES string of the molecule is CC1(C)c2ccc(-c3cc4ccccc4c4ccccc34)cc2C(=O)c2cc(-c3cc4ccccc4c4ccccc34)ccc21. The van der Waals surface area contributed by atoms with Crippen molar-refractivity contribution in [2.75, 3.05) is 0 Å². The molecular weight excluding hydrogens is 544 g/mol. The quantitative estimate of drug-likeness (QED) is 0.188. The van der Waals surface area contributed by atoms with Crippen molar-refractivity contribution < 1.29 is 4.79 Å². The van der Waals surface area contributed by atoms with Gasteiger partial charge in [-0.15, -0.1) is 0 Å². The van der Waals surface area contributed by atoms with Crippen molar-refractivity contribution in [2.45, 2.75) is 19.3 Å². The minimum atomic E-state index is -0.313. The average molecular weight is 575 g/mol. The van der Waals surface area contributed by atoms with Crippen molar-refractivity contribution in [1.82, 2.24) is 0 Å². The van der Waals surface area contributed by atoms with Gasteiger partial charge in [-0.1, -0.05) is 135 Å². The Balaban J connectivity index is 1.23. The lowest BCUT2D eigenvalue weighted by Gasteiger charge is -2.35. The summed E-state index contributed by atoms with van der Waals surface area (Å²) < 4.78 is 0. The molecule has 1 heteroatoms. The number of carbonyl (C=O) groups excluding carboxylic acids is 1. The molecule has 9 rings (SSSR count). The molecule has 0 amide bonds. The predicted octanol–water partition coefficient (Wildman–Crippen LogP) is 11.5. The van der Waals surface area contributed by atoms with Crippen LogP contribution < -0.4 is 0 Å². The highest BCUT2D eigenvalue weighted by Crippen LogP contribution is 2.45. The minimum Gasteiger partial charge on any atom is -0.289 e. The lowest BCUT2D eigenvalue weighted by molar-refractivity contribution is 0.103. The van der Waals surface area contributed by atoms with Crippen LogP contribution >= 0.6 is 0 Å². The first-order valence-corrected chi connectivity index (χ1v) is 15.6. The predicted molar refractivity (Wildman–Crippen MR) is 189 cm³/mol. The summed E-state index contributed by atoms with van der Waals surface area (Å²) in [5.41, 5.74) is 7.88. The monoisotopic (exact) mass is 574 g/mol. The molecule has 212 valence electrons. The molecule has 8 aromatic rings. The summed E-state index contributed by atoms with van der Waals surface area (Å²) in [4.78, 5) is 14.5. The molecule has 1 aliphatic carbocycles. The standard InChI is InChI=1S/C44H30O/c1-44(2)41-21-19-29(37-23-27-11-3-5-13-31(27)33-15-7-9-17-35(33)37)25-39(41)43(45)40-26-30(20-22-42(40)44)38-24-28-12-4-6-14-32(28)34-16-8-10-18-36(34)38/h3-26H,1-2H3. The third-order valence-corrected chi connectivity index (χ3v) is 10.0. The first kappa shape index (κ1) is 25.9. The van der Waals surface area contributed by atoms with Crippen molar-refractivity contribution in [1.29, 1.82) is 0 Å². The first-order chi connectivity index (χ1) is 22.0. The topological polar surface area (TPSA) is 17.1 Å². The van der Waals surface area contributed by atoms with E-state index in [1.807, 2.05) is 0 Å². The van der Waals surface area contributed by atoms with Crippen LogP contribution in [0.1, 0.15) is 40.9 Å². The number of rotatable bonds is 2. The van der Waals surface area contributed by atoms with Gasteiger partial charge < -0.3 is 0 Å². The Morgan fingerprint density at radius 1 is 0.378 bits per heavy atom. The van der Waals surface area contributed by atoms with Gasteiger partial charge in [0.05, 0.1) is 0 Å². The molecular formula is C44H30O. The lowest BCUT2D eigenvalue weighted by Crippen LogP contribution is -2.30. The van der Waals surface area contributed by atoms with Crippen molar-refractivity contribution in [2.24, 2.45) is 0 Å². The highest BCUT2D eigenvalue weighted by Gasteiger charge is 2.37. The third-order valence-electron chi connectivity index (χ3n) is 10.0. The second kappa shape index (κ2) is 9.48. The van der Waals surface area contributed by atoms with Crippen LogP contribution in [-0.4, -0.2) is 5.78 Å². The maximum absolute atomic E-state index is 14.5. The van der Waals surface area contributed by atoms with E-state index in [9.17, 15) is 4.79 Å². The molecule has 1 aliphatic rings. The number of fused-ring (bicyclic) bond motifs is 8. The van der Waals surface area contributed by atoms with E-state index < -0.39 is 0 Å². The van der Waals surface area contributed by atoms with E-state index in [0.29, 0.717) is 0 Å². The Hall–Kier alpha value is -5.53. The Kier molecular flexibility index (Phi) is 5.46. The molecule has 0 radical (unpaired) electrons. The van der Waals surface area contributed by atoms with Crippen LogP contribution in [-0.2, 0) is 5.41 Å². The fraction of sp³-hybridized carbons (Fsp3) is 0.0682. The van der Waals surface area contributed by atoms with Gasteiger partial charge in [0.1, 0.15) is 0 Å². The van der Waals surface area contributed by atoms with Crippen LogP contribution in [0.2, 0.25) is 0 Å². The van der Waals surface area contributed by atoms with E-state index in [1.54, 1.807) is 0 Å². The van der Waals surface area contributed by atoms with Crippen LogP contribution in [0.25, 0.3) is 65.3 Å². The minimum absolute atomic E-state index is 0.0956. The number of carbonyl (C=O) groups is 1. The Labute approximate surface area is 262 Å². The molecule has 8 aromatic carbocycles. The normalized spacial score (nSPS) is 13.8. The zero-order chi connectivity index (χ0) is 30.3. The molecule has 0 heterocycles. The van der Waals surface area contributed by atoms with Crippen LogP contribution in [0.3, 0.4) is 0 Å². The molecule has 0 bridgehead atoms. The fourth-order valence-corrected chi connectivity index (χ4v) is 7.77. The number of ketones is 1. The molecule has 45 heavy (non-hydrogen) atoms. The summed E-state index contributed by atoms with van der Waals surface area (Å²) >= 11 is 0. The van der Waals surface area contributed by atoms with Gasteiger partial charge in [-0.3, -0.25) is 4.79 Å². The maximum Gasteiger partial charge on any atom is 0.193 e. The largest absolute Gasteiger partial charge is 0.289 e. The van der Waals surface area contributed by atoms with E-state index in [2.05, 4.69) is 159 Å². The van der Waals surface area contributed by atoms with Gasteiger partial charge in [-0.05, 0) is 101 Å². The molecule has 0 atom stereocenters. The van der Waals surface area contributed by atoms with Gasteiger partial charge in [0, 0.05) is 16.5 Å². The lowest BCUT2D eigenvalue weighted by atomic mass is 9.67. The highest BCUT2D eigenvalue weighted by atomic mass is 16.1. The van der Waals surface area contributed by atoms with E-state index in [-0.39, 0.29) is 11.2 Å². The van der Waals surface area contributed by atoms with Gasteiger partial charge in [0.2, 0.25) is 0 Å². The summed E-state index contributed by atoms with van der Waals surface area (Å²) in [5.74, 6) is 0.0956. The highest BCUT2D eigenvalue weighted by molar-refractivity contribution is 6.18.